The van der Waals surface area contributed by atoms with E-state index in [0.717, 1.165) is 0 Å². The van der Waals surface area contributed by atoms with Crippen molar-refractivity contribution >= 4 is 46.6 Å². The zero-order valence-corrected chi connectivity index (χ0v) is 21.9. The Balaban J connectivity index is 2.06. The van der Waals surface area contributed by atoms with Crippen LogP contribution in [-0.2, 0) is 4.79 Å². The molecule has 0 spiro atoms. The lowest BCUT2D eigenvalue weighted by Gasteiger charge is -2.31. The second kappa shape index (κ2) is 12.1. The van der Waals surface area contributed by atoms with Gasteiger partial charge in [-0.05, 0) is 43.2 Å². The molecule has 2 atom stereocenters. The number of nitrogens with one attached hydrogen (secondary N) is 2. The van der Waals surface area contributed by atoms with Gasteiger partial charge in [0.1, 0.15) is 5.75 Å². The number of nitriles is 1. The van der Waals surface area contributed by atoms with Gasteiger partial charge in [0.25, 0.3) is 5.91 Å². The number of carbonyl (C=O) groups is 1. The number of rotatable bonds is 8. The van der Waals surface area contributed by atoms with Crippen molar-refractivity contribution in [2.75, 3.05) is 12.4 Å². The Morgan fingerprint density at radius 2 is 1.97 bits per heavy atom. The molecule has 0 fully saturated rings. The number of para-hydroxylation sites is 2. The van der Waals surface area contributed by atoms with Crippen LogP contribution in [-0.4, -0.2) is 24.7 Å². The number of hydrogen-bond acceptors (Lipinski definition) is 5. The first-order valence-corrected chi connectivity index (χ1v) is 12.5. The zero-order chi connectivity index (χ0) is 27.3. The SMILES string of the molecule is COc1ccccc1NC(=O)C1=C(C)NC(SC(F)CCC(F)(F)F)=C(C#N)C1c1ccc(Cl)cc1Cl. The van der Waals surface area contributed by atoms with Crippen molar-refractivity contribution in [3.63, 3.8) is 0 Å². The molecule has 2 aromatic rings. The Labute approximate surface area is 225 Å². The number of methoxy groups -OCH3 is 1. The maximum absolute atomic E-state index is 14.6. The van der Waals surface area contributed by atoms with Crippen molar-refractivity contribution in [1.29, 1.82) is 5.26 Å². The standard InChI is InChI=1S/C25H21Cl2F4N3O2S/c1-13-21(23(35)34-18-5-3-4-6-19(18)36-2)22(15-8-7-14(26)11-17(15)27)16(12-32)24(33-13)37-20(28)9-10-25(29,30)31/h3-8,11,20,22,33H,9-10H2,1-2H3,(H,34,35). The predicted octanol–water partition coefficient (Wildman–Crippen LogP) is 7.71. The van der Waals surface area contributed by atoms with Crippen LogP contribution in [0.2, 0.25) is 10.0 Å². The van der Waals surface area contributed by atoms with Crippen LogP contribution in [0.4, 0.5) is 23.2 Å². The van der Waals surface area contributed by atoms with Crippen LogP contribution in [0.1, 0.15) is 31.2 Å². The summed E-state index contributed by atoms with van der Waals surface area (Å²) in [5, 5.41) is 16.1. The topological polar surface area (TPSA) is 74.2 Å². The number of thioether (sulfide) groups is 1. The van der Waals surface area contributed by atoms with E-state index in [1.807, 2.05) is 6.07 Å². The number of benzene rings is 2. The number of anilines is 1. The highest BCUT2D eigenvalue weighted by Crippen LogP contribution is 2.45. The molecule has 2 N–H and O–H groups in total. The van der Waals surface area contributed by atoms with Crippen molar-refractivity contribution in [1.82, 2.24) is 5.32 Å². The number of allylic oxidation sites excluding steroid dienone is 2. The van der Waals surface area contributed by atoms with Gasteiger partial charge in [-0.15, -0.1) is 0 Å². The minimum absolute atomic E-state index is 0.000433. The van der Waals surface area contributed by atoms with Crippen molar-refractivity contribution in [2.45, 2.75) is 37.4 Å². The first kappa shape index (κ1) is 28.7. The van der Waals surface area contributed by atoms with Crippen molar-refractivity contribution in [3.05, 3.63) is 79.9 Å². The number of halogens is 6. The molecular weight excluding hydrogens is 553 g/mol. The molecule has 0 saturated heterocycles. The smallest absolute Gasteiger partial charge is 0.389 e. The summed E-state index contributed by atoms with van der Waals surface area (Å²) >= 11 is 12.9. The Morgan fingerprint density at radius 1 is 1.27 bits per heavy atom. The summed E-state index contributed by atoms with van der Waals surface area (Å²) in [5.41, 5.74) is -0.924. The summed E-state index contributed by atoms with van der Waals surface area (Å²) < 4.78 is 57.6. The number of carbonyl (C=O) groups excluding carboxylic acids is 1. The Bertz CT molecular complexity index is 1290. The lowest BCUT2D eigenvalue weighted by Crippen LogP contribution is -2.31. The van der Waals surface area contributed by atoms with Crippen molar-refractivity contribution in [3.8, 4) is 11.8 Å². The maximum Gasteiger partial charge on any atom is 0.389 e. The number of dihydropyridines is 1. The van der Waals surface area contributed by atoms with Gasteiger partial charge in [-0.2, -0.15) is 18.4 Å². The monoisotopic (exact) mass is 573 g/mol. The van der Waals surface area contributed by atoms with Crippen LogP contribution < -0.4 is 15.4 Å². The predicted molar refractivity (Wildman–Crippen MR) is 137 cm³/mol. The Kier molecular flexibility index (Phi) is 9.40. The first-order valence-electron chi connectivity index (χ1n) is 10.8. The summed E-state index contributed by atoms with van der Waals surface area (Å²) in [6.07, 6.45) is -6.63. The van der Waals surface area contributed by atoms with Gasteiger partial charge in [0, 0.05) is 27.7 Å². The van der Waals surface area contributed by atoms with Gasteiger partial charge in [0.05, 0.1) is 35.4 Å². The molecule has 0 aromatic heterocycles. The van der Waals surface area contributed by atoms with E-state index < -0.39 is 36.3 Å². The molecule has 196 valence electrons. The van der Waals surface area contributed by atoms with E-state index in [1.54, 1.807) is 37.3 Å². The molecule has 0 bridgehead atoms. The third kappa shape index (κ3) is 7.12. The molecule has 3 rings (SSSR count). The number of ether oxygens (including phenoxy) is 1. The maximum atomic E-state index is 14.6. The first-order chi connectivity index (χ1) is 17.4. The molecule has 0 radical (unpaired) electrons. The third-order valence-corrected chi connectivity index (χ3v) is 7.03. The van der Waals surface area contributed by atoms with E-state index >= 15 is 0 Å². The van der Waals surface area contributed by atoms with Crippen LogP contribution in [0.5, 0.6) is 5.75 Å². The molecule has 12 heteroatoms. The fourth-order valence-corrected chi connectivity index (χ4v) is 5.27. The van der Waals surface area contributed by atoms with Gasteiger partial charge in [0.15, 0.2) is 5.50 Å². The molecule has 1 aliphatic heterocycles. The average molecular weight is 574 g/mol. The average Bonchev–Trinajstić information content (AvgIpc) is 2.82. The van der Waals surface area contributed by atoms with Gasteiger partial charge in [0.2, 0.25) is 0 Å². The second-order valence-corrected chi connectivity index (χ2v) is 9.95. The van der Waals surface area contributed by atoms with Crippen LogP contribution in [0, 0.1) is 11.3 Å². The fourth-order valence-electron chi connectivity index (χ4n) is 3.75. The van der Waals surface area contributed by atoms with Gasteiger partial charge in [-0.1, -0.05) is 53.2 Å². The summed E-state index contributed by atoms with van der Waals surface area (Å²) in [4.78, 5) is 13.5. The number of nitrogens with zero attached hydrogens (tertiary/aromatic N) is 1. The molecule has 0 aliphatic carbocycles. The number of hydrogen-bond donors (Lipinski definition) is 2. The zero-order valence-electron chi connectivity index (χ0n) is 19.6. The minimum atomic E-state index is -4.52. The summed E-state index contributed by atoms with van der Waals surface area (Å²) in [6, 6.07) is 13.2. The van der Waals surface area contributed by atoms with Crippen LogP contribution in [0.15, 0.2) is 64.3 Å². The van der Waals surface area contributed by atoms with Crippen LogP contribution in [0.3, 0.4) is 0 Å². The summed E-state index contributed by atoms with van der Waals surface area (Å²) in [7, 11) is 1.44. The van der Waals surface area contributed by atoms with E-state index in [-0.39, 0.29) is 26.9 Å². The van der Waals surface area contributed by atoms with Gasteiger partial charge in [-0.3, -0.25) is 4.79 Å². The van der Waals surface area contributed by atoms with E-state index in [9.17, 15) is 27.6 Å². The molecule has 37 heavy (non-hydrogen) atoms. The fraction of sp³-hybridized carbons (Fsp3) is 0.280. The number of amides is 1. The lowest BCUT2D eigenvalue weighted by atomic mass is 9.82. The normalized spacial score (nSPS) is 16.7. The molecule has 1 amide bonds. The second-order valence-electron chi connectivity index (χ2n) is 7.95. The molecule has 2 unspecified atom stereocenters. The third-order valence-electron chi connectivity index (χ3n) is 5.42. The molecular formula is C25H21Cl2F4N3O2S. The Morgan fingerprint density at radius 3 is 2.59 bits per heavy atom. The highest BCUT2D eigenvalue weighted by Gasteiger charge is 2.37. The molecule has 0 saturated carbocycles. The quantitative estimate of drug-likeness (QED) is 0.316. The van der Waals surface area contributed by atoms with E-state index in [1.165, 1.54) is 19.2 Å². The van der Waals surface area contributed by atoms with Crippen molar-refractivity contribution < 1.29 is 27.1 Å². The van der Waals surface area contributed by atoms with Gasteiger partial charge < -0.3 is 15.4 Å². The highest BCUT2D eigenvalue weighted by atomic mass is 35.5. The van der Waals surface area contributed by atoms with E-state index in [2.05, 4.69) is 10.6 Å². The molecule has 5 nitrogen and oxygen atoms in total. The molecule has 1 aliphatic rings. The highest BCUT2D eigenvalue weighted by molar-refractivity contribution is 8.03. The summed E-state index contributed by atoms with van der Waals surface area (Å²) in [6.45, 7) is 1.55. The minimum Gasteiger partial charge on any atom is -0.495 e. The Hall–Kier alpha value is -2.87. The van der Waals surface area contributed by atoms with E-state index in [0.29, 0.717) is 33.8 Å². The number of alkyl halides is 4. The van der Waals surface area contributed by atoms with Gasteiger partial charge in [-0.25, -0.2) is 4.39 Å². The largest absolute Gasteiger partial charge is 0.495 e. The van der Waals surface area contributed by atoms with Crippen LogP contribution in [0.25, 0.3) is 0 Å². The van der Waals surface area contributed by atoms with E-state index in [4.69, 9.17) is 27.9 Å². The molecule has 1 heterocycles. The van der Waals surface area contributed by atoms with Crippen molar-refractivity contribution in [2.24, 2.45) is 0 Å². The summed E-state index contributed by atoms with van der Waals surface area (Å²) in [5.74, 6) is -1.24. The van der Waals surface area contributed by atoms with Gasteiger partial charge >= 0.3 is 6.18 Å². The molecule has 2 aromatic carbocycles. The van der Waals surface area contributed by atoms with Crippen LogP contribution >= 0.6 is 35.0 Å². The lowest BCUT2D eigenvalue weighted by molar-refractivity contribution is -0.136.